The predicted octanol–water partition coefficient (Wildman–Crippen LogP) is 2.54. The topological polar surface area (TPSA) is 50.1 Å². The summed E-state index contributed by atoms with van der Waals surface area (Å²) in [6.45, 7) is 1.37. The van der Waals surface area contributed by atoms with E-state index >= 15 is 0 Å². The standard InChI is InChI=1S/C11H10ClNO2/c1-7(14)10(6-13)9-5-8(12)3-4-11(9)15-2/h3-5,10H,1-2H3. The smallest absolute Gasteiger partial charge is 0.151 e. The van der Waals surface area contributed by atoms with E-state index in [1.807, 2.05) is 6.07 Å². The maximum absolute atomic E-state index is 11.2. The van der Waals surface area contributed by atoms with E-state index < -0.39 is 5.92 Å². The van der Waals surface area contributed by atoms with Crippen LogP contribution in [0.4, 0.5) is 0 Å². The zero-order valence-corrected chi connectivity index (χ0v) is 9.21. The molecule has 0 aliphatic heterocycles. The number of hydrogen-bond acceptors (Lipinski definition) is 3. The van der Waals surface area contributed by atoms with E-state index in [0.717, 1.165) is 0 Å². The monoisotopic (exact) mass is 223 g/mol. The van der Waals surface area contributed by atoms with Crippen molar-refractivity contribution in [2.75, 3.05) is 7.11 Å². The second kappa shape index (κ2) is 4.81. The zero-order valence-electron chi connectivity index (χ0n) is 8.45. The van der Waals surface area contributed by atoms with Crippen LogP contribution in [0.1, 0.15) is 18.4 Å². The van der Waals surface area contributed by atoms with Crippen LogP contribution in [0, 0.1) is 11.3 Å². The molecule has 1 unspecified atom stereocenters. The Bertz CT molecular complexity index is 423. The van der Waals surface area contributed by atoms with Gasteiger partial charge in [0.2, 0.25) is 0 Å². The quantitative estimate of drug-likeness (QED) is 0.791. The Morgan fingerprint density at radius 2 is 2.27 bits per heavy atom. The lowest BCUT2D eigenvalue weighted by Crippen LogP contribution is -2.07. The fourth-order valence-electron chi connectivity index (χ4n) is 1.31. The summed E-state index contributed by atoms with van der Waals surface area (Å²) < 4.78 is 5.07. The molecule has 0 heterocycles. The summed E-state index contributed by atoms with van der Waals surface area (Å²) in [4.78, 5) is 11.2. The number of nitrogens with zero attached hydrogens (tertiary/aromatic N) is 1. The van der Waals surface area contributed by atoms with E-state index in [2.05, 4.69) is 0 Å². The number of ketones is 1. The molecule has 0 saturated carbocycles. The summed E-state index contributed by atoms with van der Waals surface area (Å²) in [5.74, 6) is -0.544. The number of benzene rings is 1. The van der Waals surface area contributed by atoms with Crippen LogP contribution in [0.2, 0.25) is 5.02 Å². The van der Waals surface area contributed by atoms with Crippen molar-refractivity contribution in [2.24, 2.45) is 0 Å². The summed E-state index contributed by atoms with van der Waals surface area (Å²) in [5.41, 5.74) is 0.514. The summed E-state index contributed by atoms with van der Waals surface area (Å²) in [7, 11) is 1.49. The average molecular weight is 224 g/mol. The van der Waals surface area contributed by atoms with Crippen LogP contribution in [0.3, 0.4) is 0 Å². The Balaban J connectivity index is 3.27. The minimum absolute atomic E-state index is 0.224. The molecule has 0 fully saturated rings. The van der Waals surface area contributed by atoms with Crippen molar-refractivity contribution >= 4 is 17.4 Å². The van der Waals surface area contributed by atoms with Gasteiger partial charge < -0.3 is 4.74 Å². The van der Waals surface area contributed by atoms with Gasteiger partial charge in [0.1, 0.15) is 11.7 Å². The molecule has 1 aromatic carbocycles. The Morgan fingerprint density at radius 3 is 2.73 bits per heavy atom. The second-order valence-corrected chi connectivity index (χ2v) is 3.50. The third-order valence-electron chi connectivity index (χ3n) is 2.04. The average Bonchev–Trinajstić information content (AvgIpc) is 2.18. The van der Waals surface area contributed by atoms with Crippen LogP contribution in [0.15, 0.2) is 18.2 Å². The molecule has 0 N–H and O–H groups in total. The van der Waals surface area contributed by atoms with Crippen LogP contribution in [0.25, 0.3) is 0 Å². The largest absolute Gasteiger partial charge is 0.496 e. The third-order valence-corrected chi connectivity index (χ3v) is 2.27. The third kappa shape index (κ3) is 2.48. The van der Waals surface area contributed by atoms with Crippen LogP contribution < -0.4 is 4.74 Å². The van der Waals surface area contributed by atoms with Crippen molar-refractivity contribution < 1.29 is 9.53 Å². The van der Waals surface area contributed by atoms with Crippen molar-refractivity contribution in [1.29, 1.82) is 5.26 Å². The maximum atomic E-state index is 11.2. The molecular formula is C11H10ClNO2. The second-order valence-electron chi connectivity index (χ2n) is 3.06. The zero-order chi connectivity index (χ0) is 11.4. The minimum atomic E-state index is -0.821. The Kier molecular flexibility index (Phi) is 3.70. The highest BCUT2D eigenvalue weighted by atomic mass is 35.5. The normalized spacial score (nSPS) is 11.6. The summed E-state index contributed by atoms with van der Waals surface area (Å²) in [6, 6.07) is 6.81. The van der Waals surface area contributed by atoms with E-state index in [1.165, 1.54) is 14.0 Å². The molecule has 0 amide bonds. The molecule has 0 radical (unpaired) electrons. The number of carbonyl (C=O) groups is 1. The highest BCUT2D eigenvalue weighted by Crippen LogP contribution is 2.29. The van der Waals surface area contributed by atoms with E-state index in [1.54, 1.807) is 18.2 Å². The Morgan fingerprint density at radius 1 is 1.60 bits per heavy atom. The predicted molar refractivity (Wildman–Crippen MR) is 57.0 cm³/mol. The molecular weight excluding hydrogens is 214 g/mol. The van der Waals surface area contributed by atoms with E-state index in [-0.39, 0.29) is 5.78 Å². The molecule has 0 aliphatic carbocycles. The van der Waals surface area contributed by atoms with Gasteiger partial charge in [-0.25, -0.2) is 0 Å². The lowest BCUT2D eigenvalue weighted by Gasteiger charge is -2.11. The number of rotatable bonds is 3. The first kappa shape index (κ1) is 11.5. The van der Waals surface area contributed by atoms with E-state index in [9.17, 15) is 4.79 Å². The molecule has 15 heavy (non-hydrogen) atoms. The lowest BCUT2D eigenvalue weighted by molar-refractivity contribution is -0.117. The van der Waals surface area contributed by atoms with Gasteiger partial charge in [-0.2, -0.15) is 5.26 Å². The molecule has 1 aromatic rings. The summed E-state index contributed by atoms with van der Waals surface area (Å²) in [5, 5.41) is 9.37. The molecule has 0 spiro atoms. The van der Waals surface area contributed by atoms with Crippen LogP contribution in [-0.2, 0) is 4.79 Å². The van der Waals surface area contributed by atoms with Gasteiger partial charge in [0.05, 0.1) is 13.2 Å². The number of halogens is 1. The van der Waals surface area contributed by atoms with Gasteiger partial charge >= 0.3 is 0 Å². The highest BCUT2D eigenvalue weighted by molar-refractivity contribution is 6.30. The maximum Gasteiger partial charge on any atom is 0.151 e. The SMILES string of the molecule is COc1ccc(Cl)cc1C(C#N)C(C)=O. The fourth-order valence-corrected chi connectivity index (χ4v) is 1.49. The van der Waals surface area contributed by atoms with Crippen LogP contribution in [0.5, 0.6) is 5.75 Å². The molecule has 3 nitrogen and oxygen atoms in total. The van der Waals surface area contributed by atoms with E-state index in [0.29, 0.717) is 16.3 Å². The molecule has 0 saturated heterocycles. The van der Waals surface area contributed by atoms with Crippen molar-refractivity contribution in [2.45, 2.75) is 12.8 Å². The molecule has 1 rings (SSSR count). The summed E-state index contributed by atoms with van der Waals surface area (Å²) >= 11 is 5.80. The van der Waals surface area contributed by atoms with Crippen molar-refractivity contribution in [3.05, 3.63) is 28.8 Å². The van der Waals surface area contributed by atoms with Gasteiger partial charge in [-0.1, -0.05) is 11.6 Å². The Hall–Kier alpha value is -1.53. The number of carbonyl (C=O) groups excluding carboxylic acids is 1. The number of hydrogen-bond donors (Lipinski definition) is 0. The number of Topliss-reactive ketones (excluding diaryl/α,β-unsaturated/α-hetero) is 1. The first-order valence-electron chi connectivity index (χ1n) is 4.33. The van der Waals surface area contributed by atoms with Gasteiger partial charge in [-0.05, 0) is 25.1 Å². The fraction of sp³-hybridized carbons (Fsp3) is 0.273. The van der Waals surface area contributed by atoms with Gasteiger partial charge in [-0.3, -0.25) is 4.79 Å². The van der Waals surface area contributed by atoms with Gasteiger partial charge in [0, 0.05) is 10.6 Å². The molecule has 0 aliphatic rings. The minimum Gasteiger partial charge on any atom is -0.496 e. The van der Waals surface area contributed by atoms with Gasteiger partial charge in [-0.15, -0.1) is 0 Å². The van der Waals surface area contributed by atoms with Gasteiger partial charge in [0.25, 0.3) is 0 Å². The molecule has 0 bridgehead atoms. The number of ether oxygens (including phenoxy) is 1. The van der Waals surface area contributed by atoms with Crippen molar-refractivity contribution in [3.63, 3.8) is 0 Å². The number of methoxy groups -OCH3 is 1. The van der Waals surface area contributed by atoms with Crippen LogP contribution >= 0.6 is 11.6 Å². The molecule has 0 aromatic heterocycles. The molecule has 1 atom stereocenters. The first-order valence-corrected chi connectivity index (χ1v) is 4.71. The molecule has 4 heteroatoms. The van der Waals surface area contributed by atoms with Crippen LogP contribution in [-0.4, -0.2) is 12.9 Å². The molecule has 78 valence electrons. The first-order chi connectivity index (χ1) is 7.10. The van der Waals surface area contributed by atoms with Crippen molar-refractivity contribution in [1.82, 2.24) is 0 Å². The Labute approximate surface area is 93.2 Å². The van der Waals surface area contributed by atoms with E-state index in [4.69, 9.17) is 21.6 Å². The highest BCUT2D eigenvalue weighted by Gasteiger charge is 2.20. The summed E-state index contributed by atoms with van der Waals surface area (Å²) in [6.07, 6.45) is 0. The van der Waals surface area contributed by atoms with Gasteiger partial charge in [0.15, 0.2) is 5.78 Å². The number of nitriles is 1. The van der Waals surface area contributed by atoms with Crippen molar-refractivity contribution in [3.8, 4) is 11.8 Å². The lowest BCUT2D eigenvalue weighted by atomic mass is 9.96.